The molecule has 1 aliphatic heterocycles. The van der Waals surface area contributed by atoms with E-state index >= 15 is 0 Å². The van der Waals surface area contributed by atoms with E-state index in [-0.39, 0.29) is 0 Å². The van der Waals surface area contributed by atoms with E-state index in [1.807, 2.05) is 36.7 Å². The van der Waals surface area contributed by atoms with Crippen LogP contribution in [0, 0.1) is 48.2 Å². The third-order valence-corrected chi connectivity index (χ3v) is 11.4. The second kappa shape index (κ2) is 18.9. The summed E-state index contributed by atoms with van der Waals surface area (Å²) in [6.07, 6.45) is 1.96. The second-order valence-electron chi connectivity index (χ2n) is 11.8. The van der Waals surface area contributed by atoms with E-state index < -0.39 is 21.7 Å². The number of hydrogen-bond acceptors (Lipinski definition) is 3. The van der Waals surface area contributed by atoms with Crippen molar-refractivity contribution in [3.8, 4) is 0 Å². The second-order valence-corrected chi connectivity index (χ2v) is 19.9. The fourth-order valence-electron chi connectivity index (χ4n) is 5.83. The molecule has 4 aromatic rings. The van der Waals surface area contributed by atoms with Gasteiger partial charge in [-0.2, -0.15) is 6.67 Å². The first-order valence-corrected chi connectivity index (χ1v) is 22.3. The minimum atomic E-state index is -1.52. The van der Waals surface area contributed by atoms with E-state index in [9.17, 15) is 0 Å². The molecule has 248 valence electrons. The van der Waals surface area contributed by atoms with Gasteiger partial charge in [0.05, 0.1) is 7.11 Å². The standard InChI is InChI=1S/C21H27N2.C13H13OP.C5H8.2ClH.Ru/c1-14-9-16(3)20(17(4)10-14)22-7-8-23(13-22)21-18(5)11-15(2)12-19(21)6;1-14-15(12-8-4-2-5-9-12)13-10-6-3-7-11-13;1-4-5(2)3;;;/h9-13H,7-8H2,1-6H3;2-11H,1H3;1,4H,2-3H3;2*1H;/q-1;;;;;+2/p-1. The summed E-state index contributed by atoms with van der Waals surface area (Å²) >= 11 is -1.52. The van der Waals surface area contributed by atoms with Crippen LogP contribution >= 0.6 is 27.5 Å². The third-order valence-electron chi connectivity index (χ3n) is 7.46. The maximum atomic E-state index is 5.62. The van der Waals surface area contributed by atoms with Gasteiger partial charge in [0.25, 0.3) is 0 Å². The number of nitrogens with zero attached hydrogens (tertiary/aromatic N) is 2. The summed E-state index contributed by atoms with van der Waals surface area (Å²) in [4.78, 5) is 4.81. The first kappa shape index (κ1) is 38.1. The number of rotatable bonds is 6. The molecule has 0 amide bonds. The molecule has 1 aliphatic rings. The number of hydrogen-bond donors (Lipinski definition) is 0. The van der Waals surface area contributed by atoms with E-state index in [1.165, 1.54) is 60.9 Å². The third kappa shape index (κ3) is 11.4. The summed E-state index contributed by atoms with van der Waals surface area (Å²) in [5, 5.41) is 2.58. The number of halogens is 2. The van der Waals surface area contributed by atoms with E-state index in [0.717, 1.165) is 13.1 Å². The Hall–Kier alpha value is -2.32. The summed E-state index contributed by atoms with van der Waals surface area (Å²) < 4.78 is 7.50. The summed E-state index contributed by atoms with van der Waals surface area (Å²) in [6.45, 7) is 21.6. The quantitative estimate of drug-likeness (QED) is 0.111. The normalized spacial score (nSPS) is 12.6. The Balaban J connectivity index is 0.000000214. The van der Waals surface area contributed by atoms with Crippen molar-refractivity contribution in [2.45, 2.75) is 55.4 Å². The molecule has 0 aliphatic carbocycles. The van der Waals surface area contributed by atoms with Gasteiger partial charge in [-0.25, -0.2) is 4.52 Å². The van der Waals surface area contributed by atoms with Crippen LogP contribution < -0.4 is 20.4 Å². The molecule has 4 aromatic carbocycles. The first-order chi connectivity index (χ1) is 21.9. The Morgan fingerprint density at radius 2 is 1.07 bits per heavy atom. The smallest absolute Gasteiger partial charge is 0.197 e. The van der Waals surface area contributed by atoms with Crippen molar-refractivity contribution in [3.63, 3.8) is 0 Å². The number of aryl methyl sites for hydroxylation is 6. The van der Waals surface area contributed by atoms with Crippen molar-refractivity contribution in [2.24, 2.45) is 0 Å². The minimum absolute atomic E-state index is 1.04. The molecule has 1 saturated heterocycles. The van der Waals surface area contributed by atoms with Crippen LogP contribution in [0.4, 0.5) is 11.4 Å². The van der Waals surface area contributed by atoms with Gasteiger partial charge in [-0.15, -0.1) is 0 Å². The van der Waals surface area contributed by atoms with Gasteiger partial charge >= 0.3 is 63.0 Å². The zero-order valence-electron chi connectivity index (χ0n) is 28.6. The van der Waals surface area contributed by atoms with Gasteiger partial charge in [-0.1, -0.05) is 71.8 Å². The van der Waals surface area contributed by atoms with Crippen LogP contribution in [0.1, 0.15) is 47.2 Å². The number of benzene rings is 4. The molecule has 0 bridgehead atoms. The van der Waals surface area contributed by atoms with Crippen molar-refractivity contribution in [1.29, 1.82) is 0 Å². The molecule has 0 saturated carbocycles. The van der Waals surface area contributed by atoms with Gasteiger partial charge in [-0.3, -0.25) is 0 Å². The monoisotopic (exact) mass is 764 g/mol. The van der Waals surface area contributed by atoms with Crippen LogP contribution in [0.5, 0.6) is 0 Å². The van der Waals surface area contributed by atoms with E-state index in [4.69, 9.17) is 23.9 Å². The van der Waals surface area contributed by atoms with Gasteiger partial charge in [0.15, 0.2) is 8.15 Å². The maximum Gasteiger partial charge on any atom is 0.197 e. The van der Waals surface area contributed by atoms with Crippen molar-refractivity contribution in [2.75, 3.05) is 30.0 Å². The Labute approximate surface area is 292 Å². The van der Waals surface area contributed by atoms with Gasteiger partial charge in [0.2, 0.25) is 0 Å². The van der Waals surface area contributed by atoms with Gasteiger partial charge in [0.1, 0.15) is 10.6 Å². The van der Waals surface area contributed by atoms with Crippen molar-refractivity contribution >= 4 is 54.1 Å². The van der Waals surface area contributed by atoms with Gasteiger partial charge < -0.3 is 9.80 Å². The molecule has 0 unspecified atom stereocenters. The van der Waals surface area contributed by atoms with Gasteiger partial charge in [-0.05, 0) is 88.1 Å². The molecular formula is C39H49Cl2N2OPRu. The van der Waals surface area contributed by atoms with E-state index in [1.54, 1.807) is 7.11 Å². The Bertz CT molecular complexity index is 1450. The van der Waals surface area contributed by atoms with Crippen molar-refractivity contribution < 1.29 is 18.0 Å². The zero-order valence-corrected chi connectivity index (χ0v) is 32.9. The summed E-state index contributed by atoms with van der Waals surface area (Å²) in [5.74, 6) is 0. The fraction of sp³-hybridized carbons (Fsp3) is 0.282. The van der Waals surface area contributed by atoms with Crippen LogP contribution in [-0.2, 0) is 18.0 Å². The van der Waals surface area contributed by atoms with Crippen molar-refractivity contribution in [1.82, 2.24) is 0 Å². The Morgan fingerprint density at radius 3 is 1.35 bits per heavy atom. The zero-order chi connectivity index (χ0) is 33.8. The average Bonchev–Trinajstić information content (AvgIpc) is 3.46. The molecule has 5 rings (SSSR count). The van der Waals surface area contributed by atoms with E-state index in [2.05, 4.69) is 131 Å². The molecule has 0 N–H and O–H groups in total. The number of anilines is 2. The summed E-state index contributed by atoms with van der Waals surface area (Å²) in [7, 11) is 11.8. The summed E-state index contributed by atoms with van der Waals surface area (Å²) in [6, 6.07) is 29.9. The molecule has 0 aromatic heterocycles. The van der Waals surface area contributed by atoms with Crippen LogP contribution in [0.25, 0.3) is 0 Å². The molecule has 3 nitrogen and oxygen atoms in total. The molecule has 1 heterocycles. The Morgan fingerprint density at radius 1 is 0.696 bits per heavy atom. The SMILES string of the molecule is CC(C)=C[CH]=[Ru]([Cl])[Cl].CO[PH+](c1ccccc1)c1ccccc1.Cc1cc(C)c(N2[CH-]N(c3c(C)cc(C)cc3C)CC2)c(C)c1. The maximum absolute atomic E-state index is 5.62. The van der Waals surface area contributed by atoms with Crippen LogP contribution in [0.15, 0.2) is 96.6 Å². The van der Waals surface area contributed by atoms with E-state index in [0.29, 0.717) is 0 Å². The predicted octanol–water partition coefficient (Wildman–Crippen LogP) is 10.1. The summed E-state index contributed by atoms with van der Waals surface area (Å²) in [5.41, 5.74) is 12.1. The van der Waals surface area contributed by atoms with Crippen LogP contribution in [-0.4, -0.2) is 24.8 Å². The molecule has 0 atom stereocenters. The minimum Gasteiger partial charge on any atom is -0.502 e. The molecule has 0 radical (unpaired) electrons. The fourth-order valence-corrected chi connectivity index (χ4v) is 8.95. The van der Waals surface area contributed by atoms with Crippen LogP contribution in [0.3, 0.4) is 0 Å². The molecule has 7 heteroatoms. The Kier molecular flexibility index (Phi) is 15.6. The predicted molar refractivity (Wildman–Crippen MR) is 205 cm³/mol. The average molecular weight is 765 g/mol. The number of allylic oxidation sites excluding steroid dienone is 2. The molecule has 0 spiro atoms. The van der Waals surface area contributed by atoms with Crippen LogP contribution in [0.2, 0.25) is 0 Å². The molecule has 46 heavy (non-hydrogen) atoms. The first-order valence-electron chi connectivity index (χ1n) is 15.4. The van der Waals surface area contributed by atoms with Gasteiger partial charge in [0, 0.05) is 24.5 Å². The molecular weight excluding hydrogens is 715 g/mol. The largest absolute Gasteiger partial charge is 0.502 e. The van der Waals surface area contributed by atoms with Crippen molar-refractivity contribution in [3.05, 3.63) is 137 Å². The molecule has 1 fully saturated rings. The topological polar surface area (TPSA) is 15.7 Å².